The average molecular weight is 256 g/mol. The number of amides is 2. The molecule has 84 valence electrons. The maximum Gasteiger partial charge on any atom is 0.315 e. The Kier molecular flexibility index (Phi) is 3.52. The first-order valence-electron chi connectivity index (χ1n) is 4.45. The molecule has 0 saturated carbocycles. The molecular weight excluding hydrogens is 248 g/mol. The Hall–Kier alpha value is -1.41. The van der Waals surface area contributed by atoms with Crippen LogP contribution in [0.15, 0.2) is 16.6 Å². The largest absolute Gasteiger partial charge is 0.315 e. The van der Waals surface area contributed by atoms with E-state index in [1.165, 1.54) is 23.1 Å². The second kappa shape index (κ2) is 5.08. The van der Waals surface area contributed by atoms with Crippen molar-refractivity contribution in [1.29, 1.82) is 0 Å². The van der Waals surface area contributed by atoms with E-state index in [0.29, 0.717) is 16.8 Å². The molecule has 16 heavy (non-hydrogen) atoms. The number of aliphatic imine (C=N–C) groups is 1. The van der Waals surface area contributed by atoms with E-state index in [1.807, 2.05) is 0 Å². The molecular formula is C8H8N4O2S2. The standard InChI is InChI=1S/C8H8N4O2S2/c13-5(11-7-9-1-3-15-7)6(14)12-8-10-2-4-16-8/h1,3H,2,4H2,(H,9,11,13)(H,10,12,14). The second-order valence-electron chi connectivity index (χ2n) is 2.78. The van der Waals surface area contributed by atoms with Crippen LogP contribution >= 0.6 is 23.1 Å². The summed E-state index contributed by atoms with van der Waals surface area (Å²) in [6.07, 6.45) is 1.55. The number of thioether (sulfide) groups is 1. The van der Waals surface area contributed by atoms with Crippen molar-refractivity contribution in [3.05, 3.63) is 11.6 Å². The predicted molar refractivity (Wildman–Crippen MR) is 63.6 cm³/mol. The molecule has 1 aliphatic heterocycles. The van der Waals surface area contributed by atoms with Crippen molar-refractivity contribution in [1.82, 2.24) is 10.3 Å². The zero-order valence-corrected chi connectivity index (χ0v) is 9.73. The molecule has 8 heteroatoms. The van der Waals surface area contributed by atoms with Crippen molar-refractivity contribution >= 4 is 45.2 Å². The molecule has 0 aromatic carbocycles. The molecule has 0 saturated heterocycles. The van der Waals surface area contributed by atoms with E-state index in [-0.39, 0.29) is 0 Å². The van der Waals surface area contributed by atoms with Gasteiger partial charge in [-0.1, -0.05) is 11.8 Å². The summed E-state index contributed by atoms with van der Waals surface area (Å²) in [6, 6.07) is 0. The molecule has 0 bridgehead atoms. The molecule has 0 spiro atoms. The number of carbonyl (C=O) groups is 2. The molecule has 0 unspecified atom stereocenters. The maximum absolute atomic E-state index is 11.4. The lowest BCUT2D eigenvalue weighted by Gasteiger charge is -2.02. The van der Waals surface area contributed by atoms with E-state index in [2.05, 4.69) is 20.6 Å². The first-order chi connectivity index (χ1) is 7.75. The highest BCUT2D eigenvalue weighted by atomic mass is 32.2. The van der Waals surface area contributed by atoms with Gasteiger partial charge in [-0.3, -0.25) is 25.2 Å². The zero-order valence-electron chi connectivity index (χ0n) is 8.10. The van der Waals surface area contributed by atoms with Crippen LogP contribution in [0.4, 0.5) is 5.13 Å². The monoisotopic (exact) mass is 256 g/mol. The summed E-state index contributed by atoms with van der Waals surface area (Å²) in [7, 11) is 0. The molecule has 2 amide bonds. The number of rotatable bonds is 1. The van der Waals surface area contributed by atoms with Gasteiger partial charge in [-0.2, -0.15) is 0 Å². The Morgan fingerprint density at radius 2 is 2.12 bits per heavy atom. The molecule has 6 nitrogen and oxygen atoms in total. The lowest BCUT2D eigenvalue weighted by Crippen LogP contribution is -2.37. The van der Waals surface area contributed by atoms with Crippen molar-refractivity contribution in [3.8, 4) is 0 Å². The van der Waals surface area contributed by atoms with Gasteiger partial charge in [0.1, 0.15) is 0 Å². The van der Waals surface area contributed by atoms with Gasteiger partial charge in [0, 0.05) is 17.3 Å². The fraction of sp³-hybridized carbons (Fsp3) is 0.250. The first kappa shape index (κ1) is 11.1. The number of thiazole rings is 1. The Labute approximate surface area is 99.6 Å². The highest BCUT2D eigenvalue weighted by Gasteiger charge is 2.18. The highest BCUT2D eigenvalue weighted by Crippen LogP contribution is 2.11. The molecule has 2 heterocycles. The number of carbonyl (C=O) groups excluding carboxylic acids is 2. The van der Waals surface area contributed by atoms with Gasteiger partial charge in [-0.05, 0) is 0 Å². The lowest BCUT2D eigenvalue weighted by molar-refractivity contribution is -0.135. The predicted octanol–water partition coefficient (Wildman–Crippen LogP) is 0.301. The number of nitrogens with zero attached hydrogens (tertiary/aromatic N) is 2. The van der Waals surface area contributed by atoms with Gasteiger partial charge in [-0.15, -0.1) is 11.3 Å². The van der Waals surface area contributed by atoms with Crippen molar-refractivity contribution in [2.45, 2.75) is 0 Å². The Morgan fingerprint density at radius 1 is 1.31 bits per heavy atom. The number of hydrogen-bond acceptors (Lipinski definition) is 6. The minimum Gasteiger partial charge on any atom is -0.297 e. The third-order valence-corrected chi connectivity index (χ3v) is 3.24. The Bertz CT molecular complexity index is 429. The maximum atomic E-state index is 11.4. The molecule has 2 N–H and O–H groups in total. The number of amidine groups is 1. The van der Waals surface area contributed by atoms with Gasteiger partial charge < -0.3 is 0 Å². The normalized spacial score (nSPS) is 14.4. The van der Waals surface area contributed by atoms with Crippen molar-refractivity contribution in [2.24, 2.45) is 4.99 Å². The van der Waals surface area contributed by atoms with E-state index in [4.69, 9.17) is 0 Å². The van der Waals surface area contributed by atoms with E-state index in [0.717, 1.165) is 5.75 Å². The van der Waals surface area contributed by atoms with Gasteiger partial charge in [-0.25, -0.2) is 4.98 Å². The van der Waals surface area contributed by atoms with E-state index >= 15 is 0 Å². The molecule has 1 aliphatic rings. The summed E-state index contributed by atoms with van der Waals surface area (Å²) >= 11 is 2.67. The number of anilines is 1. The summed E-state index contributed by atoms with van der Waals surface area (Å²) in [6.45, 7) is 0.675. The van der Waals surface area contributed by atoms with Gasteiger partial charge in [0.25, 0.3) is 0 Å². The number of hydrogen-bond donors (Lipinski definition) is 2. The Balaban J connectivity index is 1.87. The second-order valence-corrected chi connectivity index (χ2v) is 4.76. The molecule has 0 fully saturated rings. The lowest BCUT2D eigenvalue weighted by atomic mass is 10.5. The van der Waals surface area contributed by atoms with Crippen LogP contribution in [0.5, 0.6) is 0 Å². The van der Waals surface area contributed by atoms with Crippen LogP contribution in [0.1, 0.15) is 0 Å². The zero-order chi connectivity index (χ0) is 11.4. The van der Waals surface area contributed by atoms with Crippen LogP contribution in [0.2, 0.25) is 0 Å². The molecule has 0 radical (unpaired) electrons. The minimum atomic E-state index is -0.731. The van der Waals surface area contributed by atoms with Crippen LogP contribution in [0, 0.1) is 0 Å². The van der Waals surface area contributed by atoms with Crippen LogP contribution < -0.4 is 10.6 Å². The summed E-state index contributed by atoms with van der Waals surface area (Å²) in [5.74, 6) is -0.613. The van der Waals surface area contributed by atoms with Crippen LogP contribution in [-0.2, 0) is 9.59 Å². The van der Waals surface area contributed by atoms with E-state index < -0.39 is 11.8 Å². The molecule has 0 aliphatic carbocycles. The third kappa shape index (κ3) is 2.80. The highest BCUT2D eigenvalue weighted by molar-refractivity contribution is 8.14. The summed E-state index contributed by atoms with van der Waals surface area (Å²) < 4.78 is 0. The average Bonchev–Trinajstić information content (AvgIpc) is 2.90. The fourth-order valence-electron chi connectivity index (χ4n) is 1.00. The fourth-order valence-corrected chi connectivity index (χ4v) is 2.25. The molecule has 1 aromatic rings. The van der Waals surface area contributed by atoms with Crippen molar-refractivity contribution in [2.75, 3.05) is 17.6 Å². The summed E-state index contributed by atoms with van der Waals surface area (Å²) in [4.78, 5) is 30.6. The van der Waals surface area contributed by atoms with Crippen LogP contribution in [-0.4, -0.2) is 34.3 Å². The summed E-state index contributed by atoms with van der Waals surface area (Å²) in [5, 5.41) is 7.43. The smallest absolute Gasteiger partial charge is 0.297 e. The topological polar surface area (TPSA) is 83.5 Å². The SMILES string of the molecule is O=C(NC1=NCCS1)C(=O)Nc1nccs1. The number of nitrogens with one attached hydrogen (secondary N) is 2. The van der Waals surface area contributed by atoms with Gasteiger partial charge in [0.2, 0.25) is 0 Å². The third-order valence-electron chi connectivity index (χ3n) is 1.66. The van der Waals surface area contributed by atoms with E-state index in [1.54, 1.807) is 11.6 Å². The Morgan fingerprint density at radius 3 is 2.75 bits per heavy atom. The minimum absolute atomic E-state index is 0.404. The number of aromatic nitrogens is 1. The van der Waals surface area contributed by atoms with Crippen molar-refractivity contribution in [3.63, 3.8) is 0 Å². The summed E-state index contributed by atoms with van der Waals surface area (Å²) in [5.41, 5.74) is 0. The van der Waals surface area contributed by atoms with Gasteiger partial charge in [0.15, 0.2) is 10.3 Å². The quantitative estimate of drug-likeness (QED) is 0.708. The van der Waals surface area contributed by atoms with Crippen molar-refractivity contribution < 1.29 is 9.59 Å². The van der Waals surface area contributed by atoms with Gasteiger partial charge >= 0.3 is 11.8 Å². The van der Waals surface area contributed by atoms with Crippen LogP contribution in [0.25, 0.3) is 0 Å². The van der Waals surface area contributed by atoms with Gasteiger partial charge in [0.05, 0.1) is 6.54 Å². The first-order valence-corrected chi connectivity index (χ1v) is 6.31. The molecule has 1 aromatic heterocycles. The molecule has 0 atom stereocenters. The van der Waals surface area contributed by atoms with Crippen LogP contribution in [0.3, 0.4) is 0 Å². The molecule has 2 rings (SSSR count). The van der Waals surface area contributed by atoms with E-state index in [9.17, 15) is 9.59 Å².